The van der Waals surface area contributed by atoms with Crippen LogP contribution in [0.1, 0.15) is 32.6 Å². The normalized spacial score (nSPS) is 10.3. The molecule has 0 aromatic rings. The summed E-state index contributed by atoms with van der Waals surface area (Å²) in [6.07, 6.45) is 10.4. The van der Waals surface area contributed by atoms with Gasteiger partial charge in [0, 0.05) is 6.54 Å². The second kappa shape index (κ2) is 9.21. The van der Waals surface area contributed by atoms with Gasteiger partial charge in [0.2, 0.25) is 0 Å². The summed E-state index contributed by atoms with van der Waals surface area (Å²) in [6, 6.07) is 0. The zero-order valence-corrected chi connectivity index (χ0v) is 7.10. The average molecular weight is 154 g/mol. The molecular formula is C9H16NO. The maximum absolute atomic E-state index is 9.69. The highest BCUT2D eigenvalue weighted by atomic mass is 16.1. The van der Waals surface area contributed by atoms with E-state index in [0.29, 0.717) is 0 Å². The Hall–Kier alpha value is -0.790. The third kappa shape index (κ3) is 9.21. The minimum Gasteiger partial charge on any atom is -0.348 e. The molecule has 0 aliphatic carbocycles. The molecule has 1 N–H and O–H groups in total. The molecule has 11 heavy (non-hydrogen) atoms. The Labute approximate surface area is 68.7 Å². The molecule has 0 aliphatic heterocycles. The molecule has 0 aliphatic rings. The van der Waals surface area contributed by atoms with E-state index in [4.69, 9.17) is 0 Å². The van der Waals surface area contributed by atoms with Crippen LogP contribution < -0.4 is 5.32 Å². The second-order valence-corrected chi connectivity index (χ2v) is 2.40. The maximum Gasteiger partial charge on any atom is 0.309 e. The molecular weight excluding hydrogens is 138 g/mol. The van der Waals surface area contributed by atoms with E-state index < -0.39 is 0 Å². The predicted octanol–water partition coefficient (Wildman–Crippen LogP) is 1.78. The Morgan fingerprint density at radius 2 is 2.18 bits per heavy atom. The van der Waals surface area contributed by atoms with Gasteiger partial charge < -0.3 is 5.32 Å². The molecule has 0 aromatic carbocycles. The summed E-state index contributed by atoms with van der Waals surface area (Å²) >= 11 is 0. The number of hydrogen-bond acceptors (Lipinski definition) is 1. The van der Waals surface area contributed by atoms with Crippen LogP contribution in [0.3, 0.4) is 0 Å². The van der Waals surface area contributed by atoms with Crippen LogP contribution in [0.4, 0.5) is 0 Å². The van der Waals surface area contributed by atoms with E-state index in [9.17, 15) is 4.79 Å². The van der Waals surface area contributed by atoms with Crippen LogP contribution in [0.2, 0.25) is 0 Å². The number of nitrogens with one attached hydrogen (secondary N) is 1. The van der Waals surface area contributed by atoms with Gasteiger partial charge in [0.05, 0.1) is 0 Å². The first-order valence-electron chi connectivity index (χ1n) is 4.16. The molecule has 0 fully saturated rings. The molecule has 2 heteroatoms. The zero-order chi connectivity index (χ0) is 8.36. The van der Waals surface area contributed by atoms with Crippen molar-refractivity contribution in [3.05, 3.63) is 12.2 Å². The highest BCUT2D eigenvalue weighted by molar-refractivity contribution is 5.46. The minimum atomic E-state index is 0.753. The van der Waals surface area contributed by atoms with Crippen LogP contribution in [0.15, 0.2) is 12.2 Å². The highest BCUT2D eigenvalue weighted by Gasteiger charge is 1.84. The van der Waals surface area contributed by atoms with Crippen LogP contribution in [0.5, 0.6) is 0 Å². The average Bonchev–Trinajstić information content (AvgIpc) is 2.03. The molecule has 0 spiro atoms. The summed E-state index contributed by atoms with van der Waals surface area (Å²) in [4.78, 5) is 9.69. The van der Waals surface area contributed by atoms with Crippen molar-refractivity contribution in [3.63, 3.8) is 0 Å². The van der Waals surface area contributed by atoms with Gasteiger partial charge in [-0.05, 0) is 25.7 Å². The molecule has 1 amide bonds. The first-order valence-corrected chi connectivity index (χ1v) is 4.16. The Morgan fingerprint density at radius 1 is 1.36 bits per heavy atom. The predicted molar refractivity (Wildman–Crippen MR) is 47.0 cm³/mol. The number of unbranched alkanes of at least 4 members (excludes halogenated alkanes) is 2. The van der Waals surface area contributed by atoms with Crippen LogP contribution >= 0.6 is 0 Å². The van der Waals surface area contributed by atoms with Gasteiger partial charge in [0.1, 0.15) is 0 Å². The Morgan fingerprint density at radius 3 is 2.82 bits per heavy atom. The fourth-order valence-corrected chi connectivity index (χ4v) is 0.811. The van der Waals surface area contributed by atoms with Crippen molar-refractivity contribution < 1.29 is 4.79 Å². The first-order chi connectivity index (χ1) is 5.41. The van der Waals surface area contributed by atoms with Gasteiger partial charge in [-0.25, -0.2) is 0 Å². The van der Waals surface area contributed by atoms with Crippen molar-refractivity contribution in [3.8, 4) is 0 Å². The van der Waals surface area contributed by atoms with Gasteiger partial charge in [0.15, 0.2) is 0 Å². The molecule has 0 heterocycles. The smallest absolute Gasteiger partial charge is 0.309 e. The standard InChI is InChI=1S/C9H16NO/c1-2-3-4-5-6-7-8-10-9-11/h3-4H,2,5-8H2,1H3,(H,10,11)/b4-3-. The zero-order valence-electron chi connectivity index (χ0n) is 7.10. The fraction of sp³-hybridized carbons (Fsp3) is 0.667. The lowest BCUT2D eigenvalue weighted by molar-refractivity contribution is 0.539. The molecule has 0 bridgehead atoms. The Kier molecular flexibility index (Phi) is 8.55. The van der Waals surface area contributed by atoms with Gasteiger partial charge in [-0.2, -0.15) is 0 Å². The summed E-state index contributed by atoms with van der Waals surface area (Å²) in [5.41, 5.74) is 0. The van der Waals surface area contributed by atoms with Crippen molar-refractivity contribution in [1.29, 1.82) is 0 Å². The summed E-state index contributed by atoms with van der Waals surface area (Å²) in [5, 5.41) is 2.51. The summed E-state index contributed by atoms with van der Waals surface area (Å²) in [6.45, 7) is 2.88. The topological polar surface area (TPSA) is 29.1 Å². The third-order valence-electron chi connectivity index (χ3n) is 1.40. The molecule has 0 rings (SSSR count). The van der Waals surface area contributed by atoms with E-state index in [1.165, 1.54) is 0 Å². The lowest BCUT2D eigenvalue weighted by atomic mass is 10.2. The number of hydrogen-bond donors (Lipinski definition) is 1. The van der Waals surface area contributed by atoms with Crippen LogP contribution in [-0.4, -0.2) is 13.0 Å². The lowest BCUT2D eigenvalue weighted by Gasteiger charge is -1.94. The van der Waals surface area contributed by atoms with Crippen molar-refractivity contribution in [2.45, 2.75) is 32.6 Å². The second-order valence-electron chi connectivity index (χ2n) is 2.40. The Balaban J connectivity index is 2.90. The van der Waals surface area contributed by atoms with Crippen molar-refractivity contribution in [2.75, 3.05) is 6.54 Å². The van der Waals surface area contributed by atoms with E-state index in [1.54, 1.807) is 6.41 Å². The summed E-state index contributed by atoms with van der Waals surface area (Å²) in [5.74, 6) is 0. The van der Waals surface area contributed by atoms with Gasteiger partial charge in [-0.3, -0.25) is 4.79 Å². The molecule has 0 saturated carbocycles. The van der Waals surface area contributed by atoms with Crippen molar-refractivity contribution in [2.24, 2.45) is 0 Å². The quantitative estimate of drug-likeness (QED) is 0.338. The van der Waals surface area contributed by atoms with E-state index in [0.717, 1.165) is 32.2 Å². The molecule has 1 radical (unpaired) electrons. The number of carbonyl (C=O) groups excluding carboxylic acids is 1. The molecule has 0 atom stereocenters. The van der Waals surface area contributed by atoms with Crippen LogP contribution in [-0.2, 0) is 4.79 Å². The summed E-state index contributed by atoms with van der Waals surface area (Å²) in [7, 11) is 0. The van der Waals surface area contributed by atoms with Gasteiger partial charge >= 0.3 is 6.41 Å². The number of allylic oxidation sites excluding steroid dienone is 2. The highest BCUT2D eigenvalue weighted by Crippen LogP contribution is 1.95. The maximum atomic E-state index is 9.69. The molecule has 0 saturated heterocycles. The number of rotatable bonds is 7. The molecule has 0 aromatic heterocycles. The van der Waals surface area contributed by atoms with Crippen LogP contribution in [0, 0.1) is 0 Å². The lowest BCUT2D eigenvalue weighted by Crippen LogP contribution is -2.11. The fourth-order valence-electron chi connectivity index (χ4n) is 0.811. The molecule has 2 nitrogen and oxygen atoms in total. The molecule has 63 valence electrons. The van der Waals surface area contributed by atoms with E-state index >= 15 is 0 Å². The third-order valence-corrected chi connectivity index (χ3v) is 1.40. The first kappa shape index (κ1) is 10.2. The van der Waals surface area contributed by atoms with Crippen molar-refractivity contribution >= 4 is 6.41 Å². The van der Waals surface area contributed by atoms with E-state index in [2.05, 4.69) is 24.4 Å². The number of amides is 1. The monoisotopic (exact) mass is 154 g/mol. The SMILES string of the molecule is CC/C=C\CCCCN[C]=O. The van der Waals surface area contributed by atoms with Gasteiger partial charge in [-0.1, -0.05) is 19.1 Å². The van der Waals surface area contributed by atoms with E-state index in [1.807, 2.05) is 0 Å². The van der Waals surface area contributed by atoms with Crippen LogP contribution in [0.25, 0.3) is 0 Å². The van der Waals surface area contributed by atoms with Gasteiger partial charge in [-0.15, -0.1) is 0 Å². The molecule has 0 unspecified atom stereocenters. The summed E-state index contributed by atoms with van der Waals surface area (Å²) < 4.78 is 0. The minimum absolute atomic E-state index is 0.753. The largest absolute Gasteiger partial charge is 0.348 e. The van der Waals surface area contributed by atoms with E-state index in [-0.39, 0.29) is 0 Å². The van der Waals surface area contributed by atoms with Gasteiger partial charge in [0.25, 0.3) is 0 Å². The Bertz CT molecular complexity index is 110. The van der Waals surface area contributed by atoms with Crippen molar-refractivity contribution in [1.82, 2.24) is 5.32 Å².